The maximum absolute atomic E-state index is 12.4. The van der Waals surface area contributed by atoms with E-state index in [0.29, 0.717) is 16.5 Å². The Morgan fingerprint density at radius 1 is 1.12 bits per heavy atom. The zero-order chi connectivity index (χ0) is 22.8. The van der Waals surface area contributed by atoms with Crippen LogP contribution in [0, 0.1) is 20.8 Å². The minimum absolute atomic E-state index is 0.112. The second-order valence-corrected chi connectivity index (χ2v) is 8.25. The monoisotopic (exact) mass is 448 g/mol. The molecule has 7 heteroatoms. The molecule has 0 spiro atoms. The van der Waals surface area contributed by atoms with Crippen molar-refractivity contribution >= 4 is 28.5 Å². The molecule has 6 nitrogen and oxygen atoms in total. The summed E-state index contributed by atoms with van der Waals surface area (Å²) < 4.78 is 7.54. The van der Waals surface area contributed by atoms with Gasteiger partial charge in [-0.3, -0.25) is 4.79 Å². The number of nitrogens with one attached hydrogen (secondary N) is 1. The van der Waals surface area contributed by atoms with Crippen LogP contribution in [0.25, 0.3) is 16.7 Å². The third-order valence-corrected chi connectivity index (χ3v) is 5.89. The van der Waals surface area contributed by atoms with Crippen LogP contribution in [0.4, 0.5) is 0 Å². The molecular weight excluding hydrogens is 424 g/mol. The molecule has 1 amide bonds. The Morgan fingerprint density at radius 2 is 1.88 bits per heavy atom. The van der Waals surface area contributed by atoms with Crippen molar-refractivity contribution in [1.29, 1.82) is 0 Å². The van der Waals surface area contributed by atoms with Gasteiger partial charge in [-0.15, -0.1) is 0 Å². The smallest absolute Gasteiger partial charge is 0.258 e. The first kappa shape index (κ1) is 21.8. The molecule has 0 aliphatic rings. The first-order chi connectivity index (χ1) is 15.3. The minimum atomic E-state index is -0.212. The Kier molecular flexibility index (Phi) is 6.15. The lowest BCUT2D eigenvalue weighted by Crippen LogP contribution is -2.31. The van der Waals surface area contributed by atoms with E-state index in [0.717, 1.165) is 33.5 Å². The summed E-state index contributed by atoms with van der Waals surface area (Å²) in [5, 5.41) is 9.26. The van der Waals surface area contributed by atoms with Crippen molar-refractivity contribution in [1.82, 2.24) is 20.1 Å². The molecule has 2 heterocycles. The van der Waals surface area contributed by atoms with E-state index >= 15 is 0 Å². The lowest BCUT2D eigenvalue weighted by atomic mass is 10.1. The summed E-state index contributed by atoms with van der Waals surface area (Å²) in [6.07, 6.45) is 0. The molecular formula is C25H25ClN4O2. The molecule has 0 aliphatic heterocycles. The number of amides is 1. The number of pyridine rings is 1. The normalized spacial score (nSPS) is 12.0. The molecule has 1 atom stereocenters. The summed E-state index contributed by atoms with van der Waals surface area (Å²) in [6, 6.07) is 17.2. The van der Waals surface area contributed by atoms with E-state index in [2.05, 4.69) is 10.3 Å². The van der Waals surface area contributed by atoms with Gasteiger partial charge < -0.3 is 10.1 Å². The molecule has 1 N–H and O–H groups in total. The number of benzene rings is 2. The van der Waals surface area contributed by atoms with Gasteiger partial charge in [0.1, 0.15) is 0 Å². The van der Waals surface area contributed by atoms with E-state index < -0.39 is 0 Å². The second kappa shape index (κ2) is 9.01. The van der Waals surface area contributed by atoms with E-state index in [9.17, 15) is 4.79 Å². The number of aromatic nitrogens is 3. The van der Waals surface area contributed by atoms with E-state index in [1.807, 2.05) is 82.3 Å². The number of carbonyl (C=O) groups excluding carboxylic acids is 1. The topological polar surface area (TPSA) is 69.0 Å². The molecule has 0 fully saturated rings. The highest BCUT2D eigenvalue weighted by molar-refractivity contribution is 6.31. The molecule has 2 aromatic heterocycles. The summed E-state index contributed by atoms with van der Waals surface area (Å²) in [4.78, 5) is 17.1. The van der Waals surface area contributed by atoms with Gasteiger partial charge in [0, 0.05) is 16.5 Å². The standard InChI is InChI=1S/C25H25ClN4O2/c1-15-13-23(32-14-22(31)27-17(3)19-9-6-5-7-10-19)28-25-24(15)18(4)29-30(25)21-12-8-11-20(26)16(21)2/h5-13,17H,14H2,1-4H3,(H,27,31)/t17-/m1/s1. The SMILES string of the molecule is Cc1c(Cl)cccc1-n1nc(C)c2c(C)cc(OCC(=O)N[C@H](C)c3ccccc3)nc21. The van der Waals surface area contributed by atoms with Gasteiger partial charge in [-0.25, -0.2) is 4.68 Å². The lowest BCUT2D eigenvalue weighted by Gasteiger charge is -2.15. The molecule has 2 aromatic carbocycles. The van der Waals surface area contributed by atoms with Gasteiger partial charge in [-0.05, 0) is 56.5 Å². The van der Waals surface area contributed by atoms with Gasteiger partial charge in [-0.2, -0.15) is 10.1 Å². The van der Waals surface area contributed by atoms with Crippen LogP contribution in [0.2, 0.25) is 5.02 Å². The maximum Gasteiger partial charge on any atom is 0.258 e. The van der Waals surface area contributed by atoms with Gasteiger partial charge >= 0.3 is 0 Å². The Morgan fingerprint density at radius 3 is 2.62 bits per heavy atom. The first-order valence-corrected chi connectivity index (χ1v) is 10.8. The van der Waals surface area contributed by atoms with E-state index in [1.54, 1.807) is 4.68 Å². The van der Waals surface area contributed by atoms with Crippen LogP contribution < -0.4 is 10.1 Å². The summed E-state index contributed by atoms with van der Waals surface area (Å²) in [6.45, 7) is 7.70. The number of hydrogen-bond acceptors (Lipinski definition) is 4. The summed E-state index contributed by atoms with van der Waals surface area (Å²) in [5.74, 6) is 0.162. The van der Waals surface area contributed by atoms with Crippen molar-refractivity contribution < 1.29 is 9.53 Å². The van der Waals surface area contributed by atoms with Crippen LogP contribution in [0.1, 0.15) is 35.3 Å². The van der Waals surface area contributed by atoms with Crippen LogP contribution in [0.3, 0.4) is 0 Å². The van der Waals surface area contributed by atoms with Crippen molar-refractivity contribution in [3.05, 3.63) is 82.0 Å². The number of ether oxygens (including phenoxy) is 1. The number of rotatable bonds is 6. The zero-order valence-corrected chi connectivity index (χ0v) is 19.3. The number of aryl methyl sites for hydroxylation is 2. The van der Waals surface area contributed by atoms with Gasteiger partial charge in [0.15, 0.2) is 12.3 Å². The lowest BCUT2D eigenvalue weighted by molar-refractivity contribution is -0.123. The summed E-state index contributed by atoms with van der Waals surface area (Å²) in [5.41, 5.74) is 5.32. The van der Waals surface area contributed by atoms with Crippen molar-refractivity contribution in [3.8, 4) is 11.6 Å². The molecule has 0 saturated heterocycles. The maximum atomic E-state index is 12.4. The highest BCUT2D eigenvalue weighted by atomic mass is 35.5. The van der Waals surface area contributed by atoms with Crippen LogP contribution in [0.15, 0.2) is 54.6 Å². The molecule has 32 heavy (non-hydrogen) atoms. The Hall–Kier alpha value is -3.38. The number of halogens is 1. The minimum Gasteiger partial charge on any atom is -0.468 e. The predicted molar refractivity (Wildman–Crippen MR) is 127 cm³/mol. The average molecular weight is 449 g/mol. The number of carbonyl (C=O) groups is 1. The molecule has 4 aromatic rings. The average Bonchev–Trinajstić information content (AvgIpc) is 3.11. The molecule has 4 rings (SSSR count). The van der Waals surface area contributed by atoms with Crippen LogP contribution in [-0.4, -0.2) is 27.3 Å². The van der Waals surface area contributed by atoms with Crippen LogP contribution in [0.5, 0.6) is 5.88 Å². The third kappa shape index (κ3) is 4.32. The summed E-state index contributed by atoms with van der Waals surface area (Å²) in [7, 11) is 0. The molecule has 0 radical (unpaired) electrons. The summed E-state index contributed by atoms with van der Waals surface area (Å²) >= 11 is 6.32. The Labute approximate surface area is 192 Å². The largest absolute Gasteiger partial charge is 0.468 e. The first-order valence-electron chi connectivity index (χ1n) is 10.4. The fourth-order valence-corrected chi connectivity index (χ4v) is 3.96. The van der Waals surface area contributed by atoms with E-state index in [1.165, 1.54) is 0 Å². The van der Waals surface area contributed by atoms with Crippen molar-refractivity contribution in [2.24, 2.45) is 0 Å². The van der Waals surface area contributed by atoms with E-state index in [4.69, 9.17) is 21.4 Å². The van der Waals surface area contributed by atoms with Gasteiger partial charge in [0.2, 0.25) is 5.88 Å². The quantitative estimate of drug-likeness (QED) is 0.437. The highest BCUT2D eigenvalue weighted by Gasteiger charge is 2.17. The molecule has 0 bridgehead atoms. The molecule has 0 aliphatic carbocycles. The van der Waals surface area contributed by atoms with Gasteiger partial charge in [-0.1, -0.05) is 48.0 Å². The molecule has 0 saturated carbocycles. The highest BCUT2D eigenvalue weighted by Crippen LogP contribution is 2.29. The fourth-order valence-electron chi connectivity index (χ4n) is 3.79. The predicted octanol–water partition coefficient (Wildman–Crippen LogP) is 5.26. The van der Waals surface area contributed by atoms with Crippen LogP contribution >= 0.6 is 11.6 Å². The number of hydrogen-bond donors (Lipinski definition) is 1. The van der Waals surface area contributed by atoms with Gasteiger partial charge in [0.25, 0.3) is 5.91 Å². The van der Waals surface area contributed by atoms with Crippen LogP contribution in [-0.2, 0) is 4.79 Å². The zero-order valence-electron chi connectivity index (χ0n) is 18.5. The number of nitrogens with zero attached hydrogens (tertiary/aromatic N) is 3. The Balaban J connectivity index is 1.58. The van der Waals surface area contributed by atoms with Gasteiger partial charge in [0.05, 0.1) is 17.4 Å². The number of fused-ring (bicyclic) bond motifs is 1. The molecule has 0 unspecified atom stereocenters. The van der Waals surface area contributed by atoms with Crippen molar-refractivity contribution in [2.75, 3.05) is 6.61 Å². The third-order valence-electron chi connectivity index (χ3n) is 5.48. The van der Waals surface area contributed by atoms with Crippen molar-refractivity contribution in [3.63, 3.8) is 0 Å². The fraction of sp³-hybridized carbons (Fsp3) is 0.240. The Bertz CT molecular complexity index is 1280. The molecule has 164 valence electrons. The second-order valence-electron chi connectivity index (χ2n) is 7.85. The van der Waals surface area contributed by atoms with Crippen molar-refractivity contribution in [2.45, 2.75) is 33.7 Å². The van der Waals surface area contributed by atoms with E-state index in [-0.39, 0.29) is 18.6 Å².